The fraction of sp³-hybridized carbons (Fsp3) is 0.750. The van der Waals surface area contributed by atoms with Crippen molar-refractivity contribution in [1.82, 2.24) is 20.0 Å². The highest BCUT2D eigenvalue weighted by Gasteiger charge is 2.30. The zero-order chi connectivity index (χ0) is 13.7. The van der Waals surface area contributed by atoms with Crippen molar-refractivity contribution in [3.63, 3.8) is 0 Å². The second kappa shape index (κ2) is 6.81. The summed E-state index contributed by atoms with van der Waals surface area (Å²) in [5, 5.41) is 7.00. The number of hydrogen-bond acceptors (Lipinski definition) is 6. The molecule has 2 heterocycles. The fourth-order valence-electron chi connectivity index (χ4n) is 2.15. The minimum absolute atomic E-state index is 0.0574. The lowest BCUT2D eigenvalue weighted by Gasteiger charge is -2.34. The van der Waals surface area contributed by atoms with Crippen molar-refractivity contribution in [1.29, 1.82) is 0 Å². The predicted octanol–water partition coefficient (Wildman–Crippen LogP) is 0.405. The van der Waals surface area contributed by atoms with Crippen LogP contribution in [0.3, 0.4) is 0 Å². The number of carbonyl (C=O) groups is 1. The second-order valence-corrected chi connectivity index (χ2v) is 5.28. The van der Waals surface area contributed by atoms with E-state index in [9.17, 15) is 4.79 Å². The zero-order valence-corrected chi connectivity index (χ0v) is 12.3. The Kier molecular flexibility index (Phi) is 5.09. The van der Waals surface area contributed by atoms with Crippen LogP contribution in [0.4, 0.5) is 5.13 Å². The van der Waals surface area contributed by atoms with Crippen LogP contribution in [0.1, 0.15) is 26.1 Å². The van der Waals surface area contributed by atoms with Gasteiger partial charge < -0.3 is 15.5 Å². The molecule has 1 aromatic rings. The van der Waals surface area contributed by atoms with Gasteiger partial charge in [0.25, 0.3) is 0 Å². The molecule has 1 fully saturated rings. The normalized spacial score (nSPS) is 19.5. The van der Waals surface area contributed by atoms with Crippen molar-refractivity contribution in [2.24, 2.45) is 0 Å². The third kappa shape index (κ3) is 3.42. The van der Waals surface area contributed by atoms with E-state index in [0.29, 0.717) is 13.1 Å². The maximum Gasteiger partial charge on any atom is 0.244 e. The Morgan fingerprint density at radius 2 is 2.42 bits per heavy atom. The Morgan fingerprint density at radius 1 is 1.58 bits per heavy atom. The third-order valence-electron chi connectivity index (χ3n) is 3.07. The molecule has 0 bridgehead atoms. The maximum absolute atomic E-state index is 12.1. The van der Waals surface area contributed by atoms with Gasteiger partial charge in [0.1, 0.15) is 11.9 Å². The molecule has 1 atom stereocenters. The number of rotatable bonds is 5. The predicted molar refractivity (Wildman–Crippen MR) is 76.6 cm³/mol. The van der Waals surface area contributed by atoms with Gasteiger partial charge in [0.2, 0.25) is 11.0 Å². The zero-order valence-electron chi connectivity index (χ0n) is 11.5. The monoisotopic (exact) mass is 283 g/mol. The molecule has 2 N–H and O–H groups in total. The number of nitrogens with zero attached hydrogens (tertiary/aromatic N) is 3. The minimum Gasteiger partial charge on any atom is -0.355 e. The molecule has 1 aromatic heterocycles. The van der Waals surface area contributed by atoms with Gasteiger partial charge in [-0.25, -0.2) is 4.98 Å². The molecular formula is C12H21N5OS. The molecular weight excluding hydrogens is 262 g/mol. The van der Waals surface area contributed by atoms with E-state index in [1.165, 1.54) is 11.5 Å². The average molecular weight is 283 g/mol. The number of piperazine rings is 1. The number of hydrogen-bond donors (Lipinski definition) is 2. The Balaban J connectivity index is 2.11. The van der Waals surface area contributed by atoms with Crippen LogP contribution in [-0.2, 0) is 11.2 Å². The van der Waals surface area contributed by atoms with Crippen LogP contribution in [0.15, 0.2) is 0 Å². The molecule has 0 spiro atoms. The lowest BCUT2D eigenvalue weighted by molar-refractivity contribution is -0.122. The van der Waals surface area contributed by atoms with Crippen LogP contribution < -0.4 is 15.5 Å². The van der Waals surface area contributed by atoms with Gasteiger partial charge in [-0.05, 0) is 13.3 Å². The van der Waals surface area contributed by atoms with Gasteiger partial charge in [-0.15, -0.1) is 0 Å². The van der Waals surface area contributed by atoms with E-state index in [0.717, 1.165) is 36.9 Å². The topological polar surface area (TPSA) is 70.2 Å². The summed E-state index contributed by atoms with van der Waals surface area (Å²) in [6.45, 7) is 7.03. The van der Waals surface area contributed by atoms with Gasteiger partial charge in [-0.3, -0.25) is 4.79 Å². The molecule has 1 aliphatic rings. The smallest absolute Gasteiger partial charge is 0.244 e. The van der Waals surface area contributed by atoms with Crippen molar-refractivity contribution in [2.75, 3.05) is 31.1 Å². The van der Waals surface area contributed by atoms with Gasteiger partial charge in [-0.1, -0.05) is 6.92 Å². The summed E-state index contributed by atoms with van der Waals surface area (Å²) < 4.78 is 4.36. The Hall–Kier alpha value is -1.21. The van der Waals surface area contributed by atoms with Crippen LogP contribution >= 0.6 is 11.5 Å². The number of aryl methyl sites for hydroxylation is 1. The first-order valence-electron chi connectivity index (χ1n) is 6.84. The molecule has 1 amide bonds. The molecule has 0 saturated carbocycles. The number of amides is 1. The van der Waals surface area contributed by atoms with Gasteiger partial charge in [0.05, 0.1) is 0 Å². The summed E-state index contributed by atoms with van der Waals surface area (Å²) in [4.78, 5) is 18.7. The number of aromatic nitrogens is 2. The molecule has 6 nitrogen and oxygen atoms in total. The van der Waals surface area contributed by atoms with Gasteiger partial charge in [0.15, 0.2) is 0 Å². The average Bonchev–Trinajstić information content (AvgIpc) is 2.88. The Morgan fingerprint density at radius 3 is 3.16 bits per heavy atom. The van der Waals surface area contributed by atoms with Crippen molar-refractivity contribution < 1.29 is 4.79 Å². The summed E-state index contributed by atoms with van der Waals surface area (Å²) in [7, 11) is 0. The van der Waals surface area contributed by atoms with Crippen LogP contribution in [0.2, 0.25) is 0 Å². The Bertz CT molecular complexity index is 422. The molecule has 7 heteroatoms. The highest BCUT2D eigenvalue weighted by Crippen LogP contribution is 2.21. The first-order valence-corrected chi connectivity index (χ1v) is 7.61. The molecule has 106 valence electrons. The van der Waals surface area contributed by atoms with Gasteiger partial charge >= 0.3 is 0 Å². The molecule has 0 aromatic carbocycles. The number of carbonyl (C=O) groups excluding carboxylic acids is 1. The lowest BCUT2D eigenvalue weighted by atomic mass is 10.2. The SMILES string of the molecule is CCCc1nsc(N2CCNCC2C(=O)NCC)n1. The summed E-state index contributed by atoms with van der Waals surface area (Å²) in [6, 6.07) is -0.184. The largest absolute Gasteiger partial charge is 0.355 e. The summed E-state index contributed by atoms with van der Waals surface area (Å²) in [5.41, 5.74) is 0. The summed E-state index contributed by atoms with van der Waals surface area (Å²) in [6.07, 6.45) is 1.94. The highest BCUT2D eigenvalue weighted by atomic mass is 32.1. The molecule has 0 aliphatic carbocycles. The molecule has 2 rings (SSSR count). The molecule has 0 radical (unpaired) electrons. The molecule has 1 saturated heterocycles. The quantitative estimate of drug-likeness (QED) is 0.819. The van der Waals surface area contributed by atoms with E-state index < -0.39 is 0 Å². The van der Waals surface area contributed by atoms with Crippen molar-refractivity contribution in [3.05, 3.63) is 5.82 Å². The third-order valence-corrected chi connectivity index (χ3v) is 3.86. The number of anilines is 1. The molecule has 1 aliphatic heterocycles. The van der Waals surface area contributed by atoms with E-state index in [4.69, 9.17) is 0 Å². The van der Waals surface area contributed by atoms with Crippen LogP contribution in [0.5, 0.6) is 0 Å². The number of likely N-dealkylation sites (N-methyl/N-ethyl adjacent to an activating group) is 1. The van der Waals surface area contributed by atoms with E-state index >= 15 is 0 Å². The fourth-order valence-corrected chi connectivity index (χ4v) is 2.93. The summed E-state index contributed by atoms with van der Waals surface area (Å²) in [5.74, 6) is 0.942. The minimum atomic E-state index is -0.184. The van der Waals surface area contributed by atoms with Crippen molar-refractivity contribution in [2.45, 2.75) is 32.7 Å². The first kappa shape index (κ1) is 14.2. The van der Waals surface area contributed by atoms with Crippen molar-refractivity contribution in [3.8, 4) is 0 Å². The summed E-state index contributed by atoms with van der Waals surface area (Å²) >= 11 is 1.39. The molecule has 1 unspecified atom stereocenters. The van der Waals surface area contributed by atoms with Crippen LogP contribution in [0, 0.1) is 0 Å². The van der Waals surface area contributed by atoms with Gasteiger partial charge in [-0.2, -0.15) is 4.37 Å². The van der Waals surface area contributed by atoms with E-state index in [-0.39, 0.29) is 11.9 Å². The molecule has 19 heavy (non-hydrogen) atoms. The standard InChI is InChI=1S/C12H21N5OS/c1-3-5-10-15-12(19-16-10)17-7-6-13-8-9(17)11(18)14-4-2/h9,13H,3-8H2,1-2H3,(H,14,18). The maximum atomic E-state index is 12.1. The first-order chi connectivity index (χ1) is 9.26. The number of nitrogens with one attached hydrogen (secondary N) is 2. The van der Waals surface area contributed by atoms with E-state index in [1.54, 1.807) is 0 Å². The lowest BCUT2D eigenvalue weighted by Crippen LogP contribution is -2.58. The van der Waals surface area contributed by atoms with E-state index in [2.05, 4.69) is 31.8 Å². The van der Waals surface area contributed by atoms with E-state index in [1.807, 2.05) is 6.92 Å². The van der Waals surface area contributed by atoms with Crippen LogP contribution in [-0.4, -0.2) is 47.5 Å². The van der Waals surface area contributed by atoms with Gasteiger partial charge in [0, 0.05) is 44.1 Å². The second-order valence-electron chi connectivity index (χ2n) is 4.55. The van der Waals surface area contributed by atoms with Crippen LogP contribution in [0.25, 0.3) is 0 Å². The Labute approximate surface area is 117 Å². The highest BCUT2D eigenvalue weighted by molar-refractivity contribution is 7.09. The van der Waals surface area contributed by atoms with Crippen molar-refractivity contribution >= 4 is 22.6 Å².